The number of nitrogens with one attached hydrogen (secondary N) is 1. The third kappa shape index (κ3) is 5.61. The van der Waals surface area contributed by atoms with Crippen LogP contribution in [-0.4, -0.2) is 37.8 Å². The Bertz CT molecular complexity index is 1120. The molecule has 0 saturated carbocycles. The van der Waals surface area contributed by atoms with E-state index in [4.69, 9.17) is 4.74 Å². The smallest absolute Gasteiger partial charge is 0.243 e. The Hall–Kier alpha value is -2.73. The quantitative estimate of drug-likeness (QED) is 0.319. The molecule has 2 aromatic carbocycles. The summed E-state index contributed by atoms with van der Waals surface area (Å²) in [5.74, 6) is -12.0. The standard InChI is InChI=1S/C21H23F5N2O4S/c1-5-28(6-2)33(30,31)12-7-8-15(32-11(3)4)14(9-12)27-16(29)10-13-17(22)19(24)21(26)20(25)18(13)23/h7-9,11H,5-6,10H2,1-4H3,(H,27,29). The molecular weight excluding hydrogens is 471 g/mol. The number of hydrogen-bond donors (Lipinski definition) is 1. The van der Waals surface area contributed by atoms with Crippen molar-refractivity contribution in [3.05, 3.63) is 52.8 Å². The molecule has 1 N–H and O–H groups in total. The van der Waals surface area contributed by atoms with Crippen LogP contribution in [0.3, 0.4) is 0 Å². The number of anilines is 1. The molecule has 0 unspecified atom stereocenters. The second kappa shape index (κ2) is 10.5. The number of halogens is 5. The number of nitrogens with zero attached hydrogens (tertiary/aromatic N) is 1. The molecule has 33 heavy (non-hydrogen) atoms. The SMILES string of the molecule is CCN(CC)S(=O)(=O)c1ccc(OC(C)C)c(NC(=O)Cc2c(F)c(F)c(F)c(F)c2F)c1. The number of carbonyl (C=O) groups is 1. The van der Waals surface area contributed by atoms with Crippen LogP contribution in [0.15, 0.2) is 23.1 Å². The lowest BCUT2D eigenvalue weighted by Crippen LogP contribution is -2.30. The van der Waals surface area contributed by atoms with E-state index in [2.05, 4.69) is 5.32 Å². The van der Waals surface area contributed by atoms with Gasteiger partial charge in [-0.05, 0) is 32.0 Å². The lowest BCUT2D eigenvalue weighted by atomic mass is 10.1. The van der Waals surface area contributed by atoms with Crippen LogP contribution in [0.1, 0.15) is 33.3 Å². The first-order chi connectivity index (χ1) is 15.3. The Morgan fingerprint density at radius 1 is 0.970 bits per heavy atom. The molecule has 0 fully saturated rings. The maximum atomic E-state index is 13.9. The average Bonchev–Trinajstić information content (AvgIpc) is 2.75. The first kappa shape index (κ1) is 26.5. The van der Waals surface area contributed by atoms with Crippen LogP contribution in [0.5, 0.6) is 5.75 Å². The summed E-state index contributed by atoms with van der Waals surface area (Å²) in [7, 11) is -3.93. The van der Waals surface area contributed by atoms with Gasteiger partial charge in [0.25, 0.3) is 0 Å². The van der Waals surface area contributed by atoms with Crippen molar-refractivity contribution in [1.82, 2.24) is 4.31 Å². The van der Waals surface area contributed by atoms with Gasteiger partial charge in [-0.15, -0.1) is 0 Å². The van der Waals surface area contributed by atoms with Crippen molar-refractivity contribution in [2.45, 2.75) is 45.1 Å². The van der Waals surface area contributed by atoms with Gasteiger partial charge < -0.3 is 10.1 Å². The van der Waals surface area contributed by atoms with E-state index in [1.807, 2.05) is 0 Å². The van der Waals surface area contributed by atoms with Crippen LogP contribution < -0.4 is 10.1 Å². The van der Waals surface area contributed by atoms with Gasteiger partial charge in [0.15, 0.2) is 23.3 Å². The fourth-order valence-corrected chi connectivity index (χ4v) is 4.48. The van der Waals surface area contributed by atoms with Crippen molar-refractivity contribution in [2.75, 3.05) is 18.4 Å². The summed E-state index contributed by atoms with van der Waals surface area (Å²) >= 11 is 0. The molecule has 0 radical (unpaired) electrons. The average molecular weight is 494 g/mol. The number of hydrogen-bond acceptors (Lipinski definition) is 4. The zero-order valence-corrected chi connectivity index (χ0v) is 19.1. The third-order valence-corrected chi connectivity index (χ3v) is 6.61. The monoisotopic (exact) mass is 494 g/mol. The van der Waals surface area contributed by atoms with Gasteiger partial charge in [-0.1, -0.05) is 13.8 Å². The Morgan fingerprint density at radius 3 is 1.97 bits per heavy atom. The van der Waals surface area contributed by atoms with E-state index in [9.17, 15) is 35.2 Å². The van der Waals surface area contributed by atoms with Crippen molar-refractivity contribution in [3.63, 3.8) is 0 Å². The predicted molar refractivity (Wildman–Crippen MR) is 111 cm³/mol. The van der Waals surface area contributed by atoms with Crippen molar-refractivity contribution in [3.8, 4) is 5.75 Å². The van der Waals surface area contributed by atoms with E-state index in [-0.39, 0.29) is 35.5 Å². The molecule has 0 aliphatic rings. The van der Waals surface area contributed by atoms with Gasteiger partial charge >= 0.3 is 0 Å². The molecule has 0 aliphatic heterocycles. The molecule has 0 bridgehead atoms. The molecule has 0 saturated heterocycles. The second-order valence-electron chi connectivity index (χ2n) is 7.19. The lowest BCUT2D eigenvalue weighted by Gasteiger charge is -2.20. The fraction of sp³-hybridized carbons (Fsp3) is 0.381. The number of benzene rings is 2. The summed E-state index contributed by atoms with van der Waals surface area (Å²) in [6, 6.07) is 3.66. The molecule has 12 heteroatoms. The van der Waals surface area contributed by atoms with Crippen molar-refractivity contribution in [1.29, 1.82) is 0 Å². The van der Waals surface area contributed by atoms with Crippen LogP contribution in [0.25, 0.3) is 0 Å². The molecule has 1 amide bonds. The normalized spacial score (nSPS) is 11.8. The molecule has 2 aromatic rings. The van der Waals surface area contributed by atoms with E-state index < -0.39 is 57.0 Å². The Labute approximate surface area is 188 Å². The maximum Gasteiger partial charge on any atom is 0.243 e. The Morgan fingerprint density at radius 2 is 1.48 bits per heavy atom. The van der Waals surface area contributed by atoms with Crippen LogP contribution in [0.4, 0.5) is 27.6 Å². The highest BCUT2D eigenvalue weighted by Crippen LogP contribution is 2.31. The molecule has 0 aliphatic carbocycles. The minimum Gasteiger partial charge on any atom is -0.489 e. The highest BCUT2D eigenvalue weighted by atomic mass is 32.2. The number of rotatable bonds is 9. The van der Waals surface area contributed by atoms with Crippen LogP contribution in [0.2, 0.25) is 0 Å². The highest BCUT2D eigenvalue weighted by Gasteiger charge is 2.28. The molecule has 2 rings (SSSR count). The van der Waals surface area contributed by atoms with E-state index in [0.29, 0.717) is 0 Å². The predicted octanol–water partition coefficient (Wildman–Crippen LogP) is 4.38. The van der Waals surface area contributed by atoms with Crippen molar-refractivity contribution >= 4 is 21.6 Å². The van der Waals surface area contributed by atoms with Gasteiger partial charge in [-0.25, -0.2) is 30.4 Å². The molecule has 6 nitrogen and oxygen atoms in total. The molecular formula is C21H23F5N2O4S. The summed E-state index contributed by atoms with van der Waals surface area (Å²) in [5.41, 5.74) is -1.46. The Kier molecular flexibility index (Phi) is 8.41. The van der Waals surface area contributed by atoms with Crippen LogP contribution >= 0.6 is 0 Å². The van der Waals surface area contributed by atoms with Crippen molar-refractivity contribution in [2.24, 2.45) is 0 Å². The minimum atomic E-state index is -3.93. The van der Waals surface area contributed by atoms with Crippen LogP contribution in [-0.2, 0) is 21.2 Å². The van der Waals surface area contributed by atoms with Gasteiger partial charge in [0, 0.05) is 18.7 Å². The summed E-state index contributed by atoms with van der Waals surface area (Å²) in [6.45, 7) is 6.99. The highest BCUT2D eigenvalue weighted by molar-refractivity contribution is 7.89. The fourth-order valence-electron chi connectivity index (χ4n) is 3.00. The van der Waals surface area contributed by atoms with E-state index in [0.717, 1.165) is 6.07 Å². The Balaban J connectivity index is 2.46. The molecule has 0 atom stereocenters. The van der Waals surface area contributed by atoms with Gasteiger partial charge in [-0.3, -0.25) is 4.79 Å². The maximum absolute atomic E-state index is 13.9. The summed E-state index contributed by atoms with van der Waals surface area (Å²) in [5, 5.41) is 2.24. The first-order valence-electron chi connectivity index (χ1n) is 9.96. The summed E-state index contributed by atoms with van der Waals surface area (Å²) < 4.78 is 100. The second-order valence-corrected chi connectivity index (χ2v) is 9.13. The zero-order valence-electron chi connectivity index (χ0n) is 18.3. The van der Waals surface area contributed by atoms with E-state index in [1.54, 1.807) is 27.7 Å². The molecule has 0 aromatic heterocycles. The van der Waals surface area contributed by atoms with Crippen molar-refractivity contribution < 1.29 is 39.9 Å². The zero-order chi connectivity index (χ0) is 25.1. The van der Waals surface area contributed by atoms with Gasteiger partial charge in [0.05, 0.1) is 23.1 Å². The minimum absolute atomic E-state index is 0.0502. The largest absolute Gasteiger partial charge is 0.489 e. The van der Waals surface area contributed by atoms with E-state index in [1.165, 1.54) is 16.4 Å². The molecule has 182 valence electrons. The van der Waals surface area contributed by atoms with Gasteiger partial charge in [-0.2, -0.15) is 4.31 Å². The number of amides is 1. The molecule has 0 heterocycles. The lowest BCUT2D eigenvalue weighted by molar-refractivity contribution is -0.115. The number of ether oxygens (including phenoxy) is 1. The number of sulfonamides is 1. The van der Waals surface area contributed by atoms with E-state index >= 15 is 0 Å². The van der Waals surface area contributed by atoms with Crippen LogP contribution in [0, 0.1) is 29.1 Å². The van der Waals surface area contributed by atoms with Gasteiger partial charge in [0.1, 0.15) is 5.75 Å². The summed E-state index contributed by atoms with van der Waals surface area (Å²) in [4.78, 5) is 12.3. The topological polar surface area (TPSA) is 75.7 Å². The molecule has 0 spiro atoms. The first-order valence-corrected chi connectivity index (χ1v) is 11.4. The number of carbonyl (C=O) groups excluding carboxylic acids is 1. The summed E-state index contributed by atoms with van der Waals surface area (Å²) in [6.07, 6.45) is -1.58. The third-order valence-electron chi connectivity index (χ3n) is 4.57. The van der Waals surface area contributed by atoms with Gasteiger partial charge in [0.2, 0.25) is 21.7 Å².